The summed E-state index contributed by atoms with van der Waals surface area (Å²) in [5.74, 6) is -0.862. The lowest BCUT2D eigenvalue weighted by atomic mass is 10.1. The first kappa shape index (κ1) is 23.3. The van der Waals surface area contributed by atoms with Gasteiger partial charge in [-0.05, 0) is 58.3 Å². The highest BCUT2D eigenvalue weighted by atomic mass is 35.5. The van der Waals surface area contributed by atoms with Gasteiger partial charge in [0.05, 0.1) is 10.6 Å². The van der Waals surface area contributed by atoms with Crippen LogP contribution in [0.1, 0.15) is 44.5 Å². The third-order valence-corrected chi connectivity index (χ3v) is 4.45. The average molecular weight is 415 g/mol. The smallest absolute Gasteiger partial charge is 0.329 e. The number of rotatable bonds is 8. The summed E-state index contributed by atoms with van der Waals surface area (Å²) in [6.45, 7) is 7.01. The molecule has 27 heavy (non-hydrogen) atoms. The molecule has 0 aromatic heterocycles. The fraction of sp³-hybridized carbons (Fsp3) is 0.526. The second kappa shape index (κ2) is 10.6. The Morgan fingerprint density at radius 3 is 2.41 bits per heavy atom. The van der Waals surface area contributed by atoms with Crippen molar-refractivity contribution in [3.8, 4) is 0 Å². The molecule has 8 heteroatoms. The minimum Gasteiger partial charge on any atom is -0.451 e. The van der Waals surface area contributed by atoms with E-state index in [4.69, 9.17) is 16.3 Å². The summed E-state index contributed by atoms with van der Waals surface area (Å²) >= 11 is 7.58. The highest BCUT2D eigenvalue weighted by Gasteiger charge is 2.28. The molecule has 2 atom stereocenters. The molecule has 0 bridgehead atoms. The maximum absolute atomic E-state index is 12.5. The van der Waals surface area contributed by atoms with Crippen molar-refractivity contribution in [1.82, 2.24) is 10.6 Å². The third kappa shape index (κ3) is 8.22. The lowest BCUT2D eigenvalue weighted by molar-refractivity contribution is -0.157. The number of ether oxygens (including phenoxy) is 1. The Bertz CT molecular complexity index is 676. The largest absolute Gasteiger partial charge is 0.451 e. The zero-order valence-electron chi connectivity index (χ0n) is 16.3. The summed E-state index contributed by atoms with van der Waals surface area (Å²) in [6, 6.07) is 5.72. The number of halogens is 1. The van der Waals surface area contributed by atoms with Crippen LogP contribution in [0.5, 0.6) is 0 Å². The van der Waals surface area contributed by atoms with Crippen molar-refractivity contribution in [2.75, 3.05) is 12.0 Å². The Balaban J connectivity index is 2.80. The normalized spacial score (nSPS) is 13.4. The minimum absolute atomic E-state index is 0.277. The monoisotopic (exact) mass is 414 g/mol. The number of hydrogen-bond donors (Lipinski definition) is 2. The van der Waals surface area contributed by atoms with E-state index in [0.29, 0.717) is 17.2 Å². The maximum Gasteiger partial charge on any atom is 0.329 e. The Hall–Kier alpha value is -1.73. The van der Waals surface area contributed by atoms with E-state index in [1.807, 2.05) is 27.0 Å². The zero-order chi connectivity index (χ0) is 20.6. The molecule has 1 aromatic rings. The van der Waals surface area contributed by atoms with Crippen LogP contribution in [0.4, 0.5) is 0 Å². The van der Waals surface area contributed by atoms with E-state index in [2.05, 4.69) is 10.6 Å². The van der Waals surface area contributed by atoms with E-state index >= 15 is 0 Å². The molecule has 0 aliphatic heterocycles. The first-order valence-corrected chi connectivity index (χ1v) is 10.4. The second-order valence-electron chi connectivity index (χ2n) is 7.11. The molecule has 0 spiro atoms. The minimum atomic E-state index is -0.967. The average Bonchev–Trinajstić information content (AvgIpc) is 2.57. The van der Waals surface area contributed by atoms with Gasteiger partial charge in [0.1, 0.15) is 6.04 Å². The predicted octanol–water partition coefficient (Wildman–Crippen LogP) is 3.04. The first-order valence-electron chi connectivity index (χ1n) is 8.62. The molecule has 0 heterocycles. The predicted molar refractivity (Wildman–Crippen MR) is 109 cm³/mol. The summed E-state index contributed by atoms with van der Waals surface area (Å²) in [6.07, 6.45) is 1.31. The Morgan fingerprint density at radius 1 is 1.22 bits per heavy atom. The van der Waals surface area contributed by atoms with E-state index in [1.165, 1.54) is 6.92 Å². The van der Waals surface area contributed by atoms with E-state index in [9.17, 15) is 14.4 Å². The van der Waals surface area contributed by atoms with Crippen molar-refractivity contribution in [1.29, 1.82) is 0 Å². The van der Waals surface area contributed by atoms with Crippen LogP contribution in [0.2, 0.25) is 5.02 Å². The highest BCUT2D eigenvalue weighted by molar-refractivity contribution is 7.98. The number of amides is 2. The number of carbonyl (C=O) groups excluding carboxylic acids is 3. The van der Waals surface area contributed by atoms with Gasteiger partial charge in [0.15, 0.2) is 6.10 Å². The summed E-state index contributed by atoms with van der Waals surface area (Å²) < 4.78 is 5.28. The van der Waals surface area contributed by atoms with E-state index in [1.54, 1.807) is 36.0 Å². The number of benzene rings is 1. The molecule has 0 saturated heterocycles. The van der Waals surface area contributed by atoms with Crippen molar-refractivity contribution >= 4 is 41.1 Å². The Labute approximate surface area is 169 Å². The van der Waals surface area contributed by atoms with Crippen molar-refractivity contribution in [3.63, 3.8) is 0 Å². The molecular weight excluding hydrogens is 388 g/mol. The molecule has 2 amide bonds. The molecule has 2 N–H and O–H groups in total. The summed E-state index contributed by atoms with van der Waals surface area (Å²) in [4.78, 5) is 37.1. The van der Waals surface area contributed by atoms with Gasteiger partial charge >= 0.3 is 5.97 Å². The van der Waals surface area contributed by atoms with Gasteiger partial charge in [-0.1, -0.05) is 23.7 Å². The van der Waals surface area contributed by atoms with Gasteiger partial charge in [0.25, 0.3) is 11.8 Å². The van der Waals surface area contributed by atoms with Crippen molar-refractivity contribution in [2.24, 2.45) is 0 Å². The molecule has 0 saturated carbocycles. The van der Waals surface area contributed by atoms with Crippen LogP contribution in [0.15, 0.2) is 24.3 Å². The van der Waals surface area contributed by atoms with E-state index in [-0.39, 0.29) is 5.56 Å². The zero-order valence-corrected chi connectivity index (χ0v) is 17.9. The van der Waals surface area contributed by atoms with Crippen LogP contribution in [0.3, 0.4) is 0 Å². The van der Waals surface area contributed by atoms with Crippen LogP contribution in [0.25, 0.3) is 0 Å². The van der Waals surface area contributed by atoms with E-state index < -0.39 is 35.5 Å². The molecule has 2 unspecified atom stereocenters. The molecule has 0 radical (unpaired) electrons. The fourth-order valence-corrected chi connectivity index (χ4v) is 2.84. The highest BCUT2D eigenvalue weighted by Crippen LogP contribution is 2.15. The topological polar surface area (TPSA) is 84.5 Å². The number of nitrogens with one attached hydrogen (secondary N) is 2. The third-order valence-electron chi connectivity index (χ3n) is 3.48. The maximum atomic E-state index is 12.5. The van der Waals surface area contributed by atoms with E-state index in [0.717, 1.165) is 0 Å². The number of carbonyl (C=O) groups is 3. The lowest BCUT2D eigenvalue weighted by Gasteiger charge is -2.24. The van der Waals surface area contributed by atoms with Gasteiger partial charge in [-0.15, -0.1) is 0 Å². The van der Waals surface area contributed by atoms with Crippen LogP contribution in [0, 0.1) is 0 Å². The van der Waals surface area contributed by atoms with Gasteiger partial charge in [0, 0.05) is 5.54 Å². The van der Waals surface area contributed by atoms with Gasteiger partial charge in [-0.25, -0.2) is 4.79 Å². The second-order valence-corrected chi connectivity index (χ2v) is 8.50. The molecule has 1 aromatic carbocycles. The van der Waals surface area contributed by atoms with Crippen molar-refractivity contribution in [3.05, 3.63) is 34.9 Å². The lowest BCUT2D eigenvalue weighted by Crippen LogP contribution is -2.48. The van der Waals surface area contributed by atoms with Crippen LogP contribution in [-0.4, -0.2) is 47.5 Å². The number of hydrogen-bond acceptors (Lipinski definition) is 5. The Kier molecular flexibility index (Phi) is 9.12. The van der Waals surface area contributed by atoms with Crippen molar-refractivity contribution in [2.45, 2.75) is 51.8 Å². The van der Waals surface area contributed by atoms with Crippen LogP contribution >= 0.6 is 23.4 Å². The molecule has 1 rings (SSSR count). The molecular formula is C19H27ClN2O4S. The van der Waals surface area contributed by atoms with Crippen LogP contribution in [-0.2, 0) is 14.3 Å². The quantitative estimate of drug-likeness (QED) is 0.638. The standard InChI is InChI=1S/C19H27ClN2O4S/c1-12(16(23)22-19(2,3)4)26-18(25)15(10-11-27-5)21-17(24)13-8-6-7-9-14(13)20/h6-9,12,15H,10-11H2,1-5H3,(H,21,24)(H,22,23). The summed E-state index contributed by atoms with van der Waals surface area (Å²) in [5.41, 5.74) is -0.159. The summed E-state index contributed by atoms with van der Waals surface area (Å²) in [5, 5.41) is 5.71. The van der Waals surface area contributed by atoms with Gasteiger partial charge in [-0.3, -0.25) is 9.59 Å². The number of esters is 1. The molecule has 6 nitrogen and oxygen atoms in total. The Morgan fingerprint density at radius 2 is 1.85 bits per heavy atom. The SMILES string of the molecule is CSCCC(NC(=O)c1ccccc1Cl)C(=O)OC(C)C(=O)NC(C)(C)C. The van der Waals surface area contributed by atoms with Gasteiger partial charge in [-0.2, -0.15) is 11.8 Å². The molecule has 0 fully saturated rings. The number of thioether (sulfide) groups is 1. The molecule has 0 aliphatic rings. The van der Waals surface area contributed by atoms with Crippen LogP contribution < -0.4 is 10.6 Å². The fourth-order valence-electron chi connectivity index (χ4n) is 2.15. The summed E-state index contributed by atoms with van der Waals surface area (Å²) in [7, 11) is 0. The van der Waals surface area contributed by atoms with Gasteiger partial charge in [0.2, 0.25) is 0 Å². The molecule has 0 aliphatic carbocycles. The van der Waals surface area contributed by atoms with Gasteiger partial charge < -0.3 is 15.4 Å². The van der Waals surface area contributed by atoms with Crippen molar-refractivity contribution < 1.29 is 19.1 Å². The molecule has 150 valence electrons. The first-order chi connectivity index (χ1) is 12.5.